The first-order valence-corrected chi connectivity index (χ1v) is 12.8. The van der Waals surface area contributed by atoms with Crippen LogP contribution in [0.1, 0.15) is 53.6 Å². The average molecular weight is 511 g/mol. The van der Waals surface area contributed by atoms with Crippen molar-refractivity contribution in [3.05, 3.63) is 101 Å². The van der Waals surface area contributed by atoms with E-state index in [0.29, 0.717) is 11.5 Å². The van der Waals surface area contributed by atoms with Gasteiger partial charge in [0.2, 0.25) is 5.91 Å². The summed E-state index contributed by atoms with van der Waals surface area (Å²) in [6.07, 6.45) is 4.05. The first-order chi connectivity index (χ1) is 17.9. The van der Waals surface area contributed by atoms with Gasteiger partial charge >= 0.3 is 0 Å². The van der Waals surface area contributed by atoms with E-state index in [1.165, 1.54) is 0 Å². The van der Waals surface area contributed by atoms with Crippen LogP contribution in [-0.4, -0.2) is 25.6 Å². The number of amides is 1. The predicted molar refractivity (Wildman–Crippen MR) is 151 cm³/mol. The van der Waals surface area contributed by atoms with Crippen LogP contribution in [-0.2, 0) is 4.79 Å². The van der Waals surface area contributed by atoms with E-state index in [-0.39, 0.29) is 18.0 Å². The van der Waals surface area contributed by atoms with Crippen LogP contribution in [0, 0.1) is 20.8 Å². The minimum absolute atomic E-state index is 0.00994. The number of nitrogens with one attached hydrogen (secondary N) is 2. The molecule has 1 aromatic carbocycles. The molecule has 2 N–H and O–H groups in total. The van der Waals surface area contributed by atoms with Crippen molar-refractivity contribution < 1.29 is 4.79 Å². The van der Waals surface area contributed by atoms with Gasteiger partial charge in [0.1, 0.15) is 5.82 Å². The summed E-state index contributed by atoms with van der Waals surface area (Å²) >= 11 is 5.92. The lowest BCUT2D eigenvalue weighted by atomic mass is 9.96. The Hall–Kier alpha value is -4.04. The predicted octanol–water partition coefficient (Wildman–Crippen LogP) is 5.72. The number of thiocarbonyl (C=S) groups is 1. The summed E-state index contributed by atoms with van der Waals surface area (Å²) < 4.78 is 2.18. The maximum absolute atomic E-state index is 12.0. The van der Waals surface area contributed by atoms with Gasteiger partial charge in [-0.2, -0.15) is 0 Å². The molecular formula is C29H30N6OS. The molecule has 3 aromatic heterocycles. The van der Waals surface area contributed by atoms with E-state index in [9.17, 15) is 4.79 Å². The van der Waals surface area contributed by atoms with Crippen molar-refractivity contribution in [3.63, 3.8) is 0 Å². The minimum Gasteiger partial charge on any atom is -0.351 e. The lowest BCUT2D eigenvalue weighted by molar-refractivity contribution is -0.115. The topological polar surface area (TPSA) is 75.1 Å². The fourth-order valence-corrected chi connectivity index (χ4v) is 5.40. The van der Waals surface area contributed by atoms with E-state index in [0.717, 1.165) is 45.4 Å². The highest BCUT2D eigenvalue weighted by atomic mass is 32.1. The third-order valence-electron chi connectivity index (χ3n) is 6.85. The second-order valence-electron chi connectivity index (χ2n) is 9.25. The van der Waals surface area contributed by atoms with E-state index in [1.54, 1.807) is 0 Å². The smallest absolute Gasteiger partial charge is 0.224 e. The van der Waals surface area contributed by atoms with E-state index < -0.39 is 0 Å². The highest BCUT2D eigenvalue weighted by Crippen LogP contribution is 2.44. The SMILES string of the molecule is CCC(=O)Nc1ccc(N2C(=S)N[C@H](c3ccccn3)[C@@H]2c2cc(C)n(-c3ccccn3)c2C)cc1C. The van der Waals surface area contributed by atoms with Gasteiger partial charge in [-0.1, -0.05) is 19.1 Å². The number of hydrogen-bond donors (Lipinski definition) is 2. The molecule has 1 aliphatic heterocycles. The van der Waals surface area contributed by atoms with Gasteiger partial charge < -0.3 is 20.1 Å². The standard InChI is InChI=1S/C29H30N6OS/c1-5-26(36)32-23-13-12-21(16-18(23)2)35-28(27(33-29(35)37)24-10-6-8-14-30-24)22-17-19(3)34(20(22)4)25-11-7-9-15-31-25/h6-17,27-28H,5H2,1-4H3,(H,32,36)(H,33,37)/t27-,28+/m1/s1. The number of benzene rings is 1. The average Bonchev–Trinajstić information content (AvgIpc) is 3.41. The summed E-state index contributed by atoms with van der Waals surface area (Å²) in [5.41, 5.74) is 6.99. The molecule has 0 bridgehead atoms. The summed E-state index contributed by atoms with van der Waals surface area (Å²) in [7, 11) is 0. The van der Waals surface area contributed by atoms with Crippen LogP contribution in [0.25, 0.3) is 5.82 Å². The largest absolute Gasteiger partial charge is 0.351 e. The molecule has 4 aromatic rings. The fourth-order valence-electron chi connectivity index (χ4n) is 5.05. The first-order valence-electron chi connectivity index (χ1n) is 12.4. The second-order valence-corrected chi connectivity index (χ2v) is 9.63. The number of anilines is 2. The molecule has 37 heavy (non-hydrogen) atoms. The van der Waals surface area contributed by atoms with E-state index in [2.05, 4.69) is 56.0 Å². The highest BCUT2D eigenvalue weighted by Gasteiger charge is 2.42. The summed E-state index contributed by atoms with van der Waals surface area (Å²) in [4.78, 5) is 23.4. The Balaban J connectivity index is 1.63. The van der Waals surface area contributed by atoms with E-state index >= 15 is 0 Å². The number of carbonyl (C=O) groups excluding carboxylic acids is 1. The van der Waals surface area contributed by atoms with Crippen molar-refractivity contribution >= 4 is 34.6 Å². The maximum atomic E-state index is 12.0. The van der Waals surface area contributed by atoms with Gasteiger partial charge in [0.25, 0.3) is 0 Å². The quantitative estimate of drug-likeness (QED) is 0.323. The number of nitrogens with zero attached hydrogens (tertiary/aromatic N) is 4. The Kier molecular flexibility index (Phi) is 6.76. The molecule has 4 heterocycles. The molecule has 5 rings (SSSR count). The Morgan fingerprint density at radius 2 is 1.78 bits per heavy atom. The van der Waals surface area contributed by atoms with Crippen LogP contribution in [0.2, 0.25) is 0 Å². The summed E-state index contributed by atoms with van der Waals surface area (Å²) in [5.74, 6) is 0.870. The molecule has 0 spiro atoms. The molecule has 1 saturated heterocycles. The van der Waals surface area contributed by atoms with Crippen molar-refractivity contribution in [1.82, 2.24) is 19.9 Å². The lowest BCUT2D eigenvalue weighted by Gasteiger charge is -2.28. The van der Waals surface area contributed by atoms with E-state index in [1.807, 2.05) is 74.8 Å². The molecule has 1 fully saturated rings. The van der Waals surface area contributed by atoms with Gasteiger partial charge in [0.05, 0.1) is 17.8 Å². The second kappa shape index (κ2) is 10.1. The normalized spacial score (nSPS) is 17.1. The minimum atomic E-state index is -0.147. The Morgan fingerprint density at radius 3 is 2.43 bits per heavy atom. The van der Waals surface area contributed by atoms with E-state index in [4.69, 9.17) is 12.2 Å². The number of hydrogen-bond acceptors (Lipinski definition) is 4. The van der Waals surface area contributed by atoms with Crippen molar-refractivity contribution in [3.8, 4) is 5.82 Å². The van der Waals surface area contributed by atoms with Gasteiger partial charge in [-0.15, -0.1) is 0 Å². The third kappa shape index (κ3) is 4.60. The molecule has 188 valence electrons. The van der Waals surface area contributed by atoms with Crippen LogP contribution < -0.4 is 15.5 Å². The zero-order valence-corrected chi connectivity index (χ0v) is 22.2. The van der Waals surface area contributed by atoms with Gasteiger partial charge in [-0.05, 0) is 92.6 Å². The molecule has 1 amide bonds. The third-order valence-corrected chi connectivity index (χ3v) is 7.16. The Labute approximate surface area is 222 Å². The number of pyridine rings is 2. The number of rotatable bonds is 6. The molecule has 8 heteroatoms. The monoisotopic (exact) mass is 510 g/mol. The molecule has 0 radical (unpaired) electrons. The van der Waals surface area contributed by atoms with Crippen molar-refractivity contribution in [2.24, 2.45) is 0 Å². The molecule has 2 atom stereocenters. The molecule has 7 nitrogen and oxygen atoms in total. The van der Waals surface area contributed by atoms with Crippen LogP contribution in [0.5, 0.6) is 0 Å². The molecule has 0 aliphatic carbocycles. The number of carbonyl (C=O) groups is 1. The summed E-state index contributed by atoms with van der Waals surface area (Å²) in [5, 5.41) is 7.15. The van der Waals surface area contributed by atoms with Gasteiger partial charge in [-0.3, -0.25) is 9.78 Å². The van der Waals surface area contributed by atoms with Crippen LogP contribution in [0.3, 0.4) is 0 Å². The van der Waals surface area contributed by atoms with Crippen LogP contribution in [0.4, 0.5) is 11.4 Å². The Morgan fingerprint density at radius 1 is 1.03 bits per heavy atom. The van der Waals surface area contributed by atoms with Crippen LogP contribution >= 0.6 is 12.2 Å². The van der Waals surface area contributed by atoms with Gasteiger partial charge in [0, 0.05) is 41.6 Å². The zero-order valence-electron chi connectivity index (χ0n) is 21.4. The molecule has 0 unspecified atom stereocenters. The molecular weight excluding hydrogens is 480 g/mol. The van der Waals surface area contributed by atoms with Crippen molar-refractivity contribution in [2.75, 3.05) is 10.2 Å². The summed E-state index contributed by atoms with van der Waals surface area (Å²) in [6.45, 7) is 8.07. The fraction of sp³-hybridized carbons (Fsp3) is 0.241. The van der Waals surface area contributed by atoms with Gasteiger partial charge in [0.15, 0.2) is 5.11 Å². The molecule has 0 saturated carbocycles. The Bertz CT molecular complexity index is 1450. The first kappa shape index (κ1) is 24.6. The molecule has 1 aliphatic rings. The van der Waals surface area contributed by atoms with Crippen molar-refractivity contribution in [1.29, 1.82) is 0 Å². The highest BCUT2D eigenvalue weighted by molar-refractivity contribution is 7.80. The summed E-state index contributed by atoms with van der Waals surface area (Å²) in [6, 6.07) is 19.9. The maximum Gasteiger partial charge on any atom is 0.224 e. The van der Waals surface area contributed by atoms with Crippen LogP contribution in [0.15, 0.2) is 73.1 Å². The van der Waals surface area contributed by atoms with Gasteiger partial charge in [-0.25, -0.2) is 4.98 Å². The number of aromatic nitrogens is 3. The van der Waals surface area contributed by atoms with Crippen molar-refractivity contribution in [2.45, 2.75) is 46.2 Å². The zero-order chi connectivity index (χ0) is 26.1. The number of aryl methyl sites for hydroxylation is 2. The lowest BCUT2D eigenvalue weighted by Crippen LogP contribution is -2.29.